The number of amides is 3. The van der Waals surface area contributed by atoms with E-state index in [4.69, 9.17) is 9.47 Å². The fraction of sp³-hybridized carbons (Fsp3) is 0.781. The van der Waals surface area contributed by atoms with Crippen LogP contribution in [0.4, 0.5) is 4.79 Å². The van der Waals surface area contributed by atoms with Gasteiger partial charge in [0.25, 0.3) is 11.8 Å². The number of likely N-dealkylation sites (tertiary alicyclic amines) is 6. The molecule has 0 aromatic heterocycles. The van der Waals surface area contributed by atoms with Crippen LogP contribution in [0.1, 0.15) is 289 Å². The molecule has 12 heteroatoms. The highest BCUT2D eigenvalue weighted by molar-refractivity contribution is 6.21. The normalized spacial score (nSPS) is 21.0. The number of fused-ring (bicyclic) bond motifs is 1. The molecular weight excluding hydrogens is 1330 g/mol. The lowest BCUT2D eigenvalue weighted by Crippen LogP contribution is -2.49. The summed E-state index contributed by atoms with van der Waals surface area (Å²) in [6.07, 6.45) is 14.2. The summed E-state index contributed by atoms with van der Waals surface area (Å²) >= 11 is 0. The number of ether oxygens (including phenoxy) is 2. The summed E-state index contributed by atoms with van der Waals surface area (Å²) in [5, 5.41) is 0. The number of imide groups is 1. The Bertz CT molecular complexity index is 2850. The average Bonchev–Trinajstić information content (AvgIpc) is 1.63. The summed E-state index contributed by atoms with van der Waals surface area (Å²) in [6, 6.07) is 25.0. The molecule has 7 heterocycles. The van der Waals surface area contributed by atoms with Gasteiger partial charge < -0.3 is 38.9 Å². The molecular formula is C96H171N7O5. The van der Waals surface area contributed by atoms with Crippen molar-refractivity contribution in [1.82, 2.24) is 34.3 Å². The average molecular weight is 1500 g/mol. The lowest BCUT2D eigenvalue weighted by atomic mass is 9.72. The molecule has 0 spiro atoms. The standard InChI is InChI=1S/C16H23NO2.C14H17NO2.C14H22O.C10H20.2C9H19N.3C8H17N/c1-16(2,3)14-9-10-17(11-14)15(18)19-12-13-7-5-4-6-8-13;1-14(2,3)8-9-15-12(16)10-6-4-5-7-11(10)13(15)17;1-12-6-8-13(9-7-12)15-11-5-10-14(2,3)4;1-10(2,3)9-7-5-4-6-8-9;2*1-9(2,3)8-5-6-10(4)7-8;3*1-8(2,3)7-5-9(4)6-7/h4-8,14H,9-12H2,1-3H3;4-7H,8-9H2,1-3H3;6-9H,5,10-11H2,1-4H3;9H,4-8H2,1-3H3;2*8H,5-7H2,1-4H3;3*7H,5-6H2,1-4H3. The van der Waals surface area contributed by atoms with Gasteiger partial charge in [-0.3, -0.25) is 14.5 Å². The van der Waals surface area contributed by atoms with E-state index in [0.29, 0.717) is 68.1 Å². The molecule has 3 aromatic carbocycles. The Morgan fingerprint density at radius 1 is 0.380 bits per heavy atom. The Labute approximate surface area is 667 Å². The minimum absolute atomic E-state index is 0.120. The van der Waals surface area contributed by atoms with Gasteiger partial charge in [-0.2, -0.15) is 0 Å². The Kier molecular flexibility index (Phi) is 39.2. The van der Waals surface area contributed by atoms with E-state index in [1.165, 1.54) is 127 Å². The lowest BCUT2D eigenvalue weighted by Gasteiger charge is -2.44. The van der Waals surface area contributed by atoms with Crippen LogP contribution in [0.3, 0.4) is 0 Å². The second-order valence-corrected chi connectivity index (χ2v) is 44.1. The Morgan fingerprint density at radius 3 is 1.02 bits per heavy atom. The molecule has 11 rings (SSSR count). The van der Waals surface area contributed by atoms with Crippen LogP contribution in [0.2, 0.25) is 0 Å². The third kappa shape index (κ3) is 38.0. The molecule has 0 N–H and O–H groups in total. The van der Waals surface area contributed by atoms with Gasteiger partial charge in [0.2, 0.25) is 0 Å². The van der Waals surface area contributed by atoms with Gasteiger partial charge in [-0.15, -0.1) is 0 Å². The van der Waals surface area contributed by atoms with Crippen molar-refractivity contribution < 1.29 is 23.9 Å². The molecule has 8 aliphatic rings. The number of nitrogens with zero attached hydrogens (tertiary/aromatic N) is 7. The van der Waals surface area contributed by atoms with E-state index in [9.17, 15) is 14.4 Å². The lowest BCUT2D eigenvalue weighted by molar-refractivity contribution is 0.0459. The van der Waals surface area contributed by atoms with E-state index < -0.39 is 0 Å². The van der Waals surface area contributed by atoms with Crippen LogP contribution in [0.25, 0.3) is 0 Å². The zero-order valence-electron chi connectivity index (χ0n) is 76.6. The Morgan fingerprint density at radius 2 is 0.722 bits per heavy atom. The third-order valence-corrected chi connectivity index (χ3v) is 24.1. The number of aryl methyl sites for hydroxylation is 1. The Hall–Kier alpha value is -4.33. The van der Waals surface area contributed by atoms with Crippen molar-refractivity contribution in [2.75, 3.05) is 127 Å². The monoisotopic (exact) mass is 1500 g/mol. The van der Waals surface area contributed by atoms with Gasteiger partial charge in [0.05, 0.1) is 17.7 Å². The Balaban J connectivity index is 0.000000320. The first-order valence-corrected chi connectivity index (χ1v) is 42.5. The highest BCUT2D eigenvalue weighted by Gasteiger charge is 2.39. The van der Waals surface area contributed by atoms with Crippen molar-refractivity contribution in [3.63, 3.8) is 0 Å². The van der Waals surface area contributed by atoms with Crippen LogP contribution in [-0.2, 0) is 11.3 Å². The van der Waals surface area contributed by atoms with Gasteiger partial charge in [-0.25, -0.2) is 4.79 Å². The molecule has 12 nitrogen and oxygen atoms in total. The van der Waals surface area contributed by atoms with E-state index in [0.717, 1.165) is 85.8 Å². The molecule has 3 aromatic rings. The van der Waals surface area contributed by atoms with Gasteiger partial charge in [0, 0.05) is 72.0 Å². The van der Waals surface area contributed by atoms with Crippen LogP contribution in [0.15, 0.2) is 78.9 Å². The fourth-order valence-electron chi connectivity index (χ4n) is 14.8. The van der Waals surface area contributed by atoms with Crippen LogP contribution in [0, 0.1) is 97.1 Å². The van der Waals surface area contributed by atoms with Crippen molar-refractivity contribution in [3.05, 3.63) is 101 Å². The van der Waals surface area contributed by atoms with E-state index >= 15 is 0 Å². The number of carbonyl (C=O) groups is 3. The zero-order chi connectivity index (χ0) is 82.2. The summed E-state index contributed by atoms with van der Waals surface area (Å²) in [6.45, 7) is 80.2. The number of hydrogen-bond acceptors (Lipinski definition) is 10. The van der Waals surface area contributed by atoms with E-state index in [-0.39, 0.29) is 28.7 Å². The maximum absolute atomic E-state index is 12.0. The maximum Gasteiger partial charge on any atom is 0.410 e. The second-order valence-electron chi connectivity index (χ2n) is 44.1. The highest BCUT2D eigenvalue weighted by atomic mass is 16.6. The first-order chi connectivity index (χ1) is 49.4. The van der Waals surface area contributed by atoms with E-state index in [1.54, 1.807) is 24.3 Å². The first-order valence-electron chi connectivity index (χ1n) is 42.5. The topological polar surface area (TPSA) is 92.3 Å². The summed E-state index contributed by atoms with van der Waals surface area (Å²) in [7, 11) is 11.0. The molecule has 6 saturated heterocycles. The minimum Gasteiger partial charge on any atom is -0.494 e. The predicted molar refractivity (Wildman–Crippen MR) is 464 cm³/mol. The van der Waals surface area contributed by atoms with Crippen LogP contribution in [-0.4, -0.2) is 179 Å². The van der Waals surface area contributed by atoms with Crippen molar-refractivity contribution in [2.24, 2.45) is 90.2 Å². The smallest absolute Gasteiger partial charge is 0.410 e. The molecule has 3 atom stereocenters. The summed E-state index contributed by atoms with van der Waals surface area (Å²) in [4.78, 5) is 51.2. The van der Waals surface area contributed by atoms with Crippen molar-refractivity contribution in [3.8, 4) is 5.75 Å². The molecule has 3 amide bonds. The number of carbonyl (C=O) groups excluding carboxylic acids is 3. The second kappa shape index (κ2) is 43.2. The zero-order valence-corrected chi connectivity index (χ0v) is 76.6. The van der Waals surface area contributed by atoms with E-state index in [1.807, 2.05) is 47.4 Å². The highest BCUT2D eigenvalue weighted by Crippen LogP contribution is 2.40. The van der Waals surface area contributed by atoms with Gasteiger partial charge >= 0.3 is 6.09 Å². The molecule has 3 unspecified atom stereocenters. The molecule has 108 heavy (non-hydrogen) atoms. The van der Waals surface area contributed by atoms with Gasteiger partial charge in [-0.05, 0) is 227 Å². The van der Waals surface area contributed by atoms with Crippen LogP contribution in [0.5, 0.6) is 5.75 Å². The summed E-state index contributed by atoms with van der Waals surface area (Å²) in [5.41, 5.74) is 7.37. The summed E-state index contributed by atoms with van der Waals surface area (Å²) in [5.74, 6) is 6.86. The summed E-state index contributed by atoms with van der Waals surface area (Å²) < 4.78 is 11.0. The molecule has 620 valence electrons. The molecule has 0 radical (unpaired) electrons. The van der Waals surface area contributed by atoms with Crippen LogP contribution >= 0.6 is 0 Å². The largest absolute Gasteiger partial charge is 0.494 e. The van der Waals surface area contributed by atoms with Crippen molar-refractivity contribution in [2.45, 2.75) is 271 Å². The molecule has 7 fully saturated rings. The van der Waals surface area contributed by atoms with Crippen LogP contribution < -0.4 is 4.74 Å². The minimum atomic E-state index is -0.185. The number of rotatable bonds is 8. The quantitative estimate of drug-likeness (QED) is 0.160. The molecule has 7 aliphatic heterocycles. The van der Waals surface area contributed by atoms with Crippen molar-refractivity contribution in [1.29, 1.82) is 0 Å². The predicted octanol–water partition coefficient (Wildman–Crippen LogP) is 23.0. The first kappa shape index (κ1) is 97.9. The van der Waals surface area contributed by atoms with Crippen molar-refractivity contribution >= 4 is 17.9 Å². The maximum atomic E-state index is 12.0. The number of benzene rings is 3. The third-order valence-electron chi connectivity index (χ3n) is 24.1. The molecule has 0 bridgehead atoms. The SMILES string of the molecule is CC(C)(C)C1CCCCC1.CC(C)(C)C1CCN(C(=O)OCc2ccccc2)C1.CC(C)(C)CCN1C(=O)c2ccccc2C1=O.CN1CC(C(C)(C)C)C1.CN1CC(C(C)(C)C)C1.CN1CC(C(C)(C)C)C1.CN1CCC(C(C)(C)C)C1.CN1CCC(C(C)(C)C)C1.Cc1ccc(OCCCC(C)(C)C)cc1. The molecule has 1 saturated carbocycles. The number of hydrogen-bond donors (Lipinski definition) is 0. The fourth-order valence-corrected chi connectivity index (χ4v) is 14.8. The van der Waals surface area contributed by atoms with Gasteiger partial charge in [-0.1, -0.05) is 266 Å². The van der Waals surface area contributed by atoms with Gasteiger partial charge in [0.1, 0.15) is 12.4 Å². The van der Waals surface area contributed by atoms with Gasteiger partial charge in [0.15, 0.2) is 0 Å². The molecule has 1 aliphatic carbocycles. The van der Waals surface area contributed by atoms with E-state index in [2.05, 4.69) is 266 Å².